The maximum Gasteiger partial charge on any atom is 0.147 e. The van der Waals surface area contributed by atoms with E-state index in [1.165, 1.54) is 31.8 Å². The minimum atomic E-state index is 0.916. The second-order valence-corrected chi connectivity index (χ2v) is 5.97. The number of aryl methyl sites for hydroxylation is 1. The van der Waals surface area contributed by atoms with E-state index in [-0.39, 0.29) is 0 Å². The smallest absolute Gasteiger partial charge is 0.147 e. The van der Waals surface area contributed by atoms with Crippen molar-refractivity contribution in [3.8, 4) is 0 Å². The second-order valence-electron chi connectivity index (χ2n) is 5.97. The van der Waals surface area contributed by atoms with Crippen LogP contribution in [0, 0.1) is 0 Å². The highest BCUT2D eigenvalue weighted by Crippen LogP contribution is 2.15. The Bertz CT molecular complexity index is 423. The number of likely N-dealkylation sites (N-methyl/N-ethyl adjacent to an activating group) is 1. The fourth-order valence-corrected chi connectivity index (χ4v) is 3.05. The van der Waals surface area contributed by atoms with Gasteiger partial charge in [0.1, 0.15) is 11.6 Å². The highest BCUT2D eigenvalue weighted by molar-refractivity contribution is 4.98. The van der Waals surface area contributed by atoms with E-state index in [2.05, 4.69) is 36.9 Å². The Balaban J connectivity index is 1.48. The number of piperazine rings is 1. The summed E-state index contributed by atoms with van der Waals surface area (Å²) in [5.74, 6) is 2.32. The topological polar surface area (TPSA) is 49.2 Å². The molecule has 6 heteroatoms. The molecule has 0 aromatic carbocycles. The molecule has 0 aliphatic carbocycles. The summed E-state index contributed by atoms with van der Waals surface area (Å²) in [5.41, 5.74) is 0. The van der Waals surface area contributed by atoms with Crippen molar-refractivity contribution in [3.05, 3.63) is 11.6 Å². The predicted octanol–water partition coefficient (Wildman–Crippen LogP) is -0.0486. The van der Waals surface area contributed by atoms with Gasteiger partial charge in [-0.3, -0.25) is 9.80 Å². The third kappa shape index (κ3) is 3.37. The second kappa shape index (κ2) is 6.65. The highest BCUT2D eigenvalue weighted by Gasteiger charge is 2.17. The molecule has 2 aliphatic rings. The Morgan fingerprint density at radius 1 is 1.15 bits per heavy atom. The SMILES string of the molecule is CN(CCN1CCNCC1)Cc1nnc2n1CCCC2. The van der Waals surface area contributed by atoms with Gasteiger partial charge in [0.05, 0.1) is 6.54 Å². The average Bonchev–Trinajstić information content (AvgIpc) is 2.90. The fraction of sp³-hybridized carbons (Fsp3) is 0.857. The van der Waals surface area contributed by atoms with Crippen molar-refractivity contribution in [2.45, 2.75) is 32.4 Å². The zero-order valence-electron chi connectivity index (χ0n) is 12.5. The minimum absolute atomic E-state index is 0.916. The Kier molecular flexibility index (Phi) is 4.65. The zero-order valence-corrected chi connectivity index (χ0v) is 12.5. The summed E-state index contributed by atoms with van der Waals surface area (Å²) in [6.45, 7) is 8.87. The lowest BCUT2D eigenvalue weighted by Crippen LogP contribution is -2.45. The third-order valence-electron chi connectivity index (χ3n) is 4.36. The van der Waals surface area contributed by atoms with E-state index < -0.39 is 0 Å². The largest absolute Gasteiger partial charge is 0.314 e. The molecule has 3 rings (SSSR count). The van der Waals surface area contributed by atoms with Crippen molar-refractivity contribution in [1.82, 2.24) is 29.9 Å². The van der Waals surface area contributed by atoms with E-state index in [4.69, 9.17) is 0 Å². The van der Waals surface area contributed by atoms with Gasteiger partial charge in [-0.1, -0.05) is 0 Å². The molecular formula is C14H26N6. The Labute approximate surface area is 121 Å². The van der Waals surface area contributed by atoms with Gasteiger partial charge in [-0.05, 0) is 19.9 Å². The molecule has 1 aromatic heterocycles. The molecule has 1 aromatic rings. The van der Waals surface area contributed by atoms with Gasteiger partial charge < -0.3 is 9.88 Å². The molecule has 0 amide bonds. The molecule has 112 valence electrons. The maximum absolute atomic E-state index is 4.38. The molecular weight excluding hydrogens is 252 g/mol. The third-order valence-corrected chi connectivity index (χ3v) is 4.36. The molecule has 20 heavy (non-hydrogen) atoms. The molecule has 0 bridgehead atoms. The van der Waals surface area contributed by atoms with Crippen LogP contribution in [-0.2, 0) is 19.5 Å². The van der Waals surface area contributed by atoms with Gasteiger partial charge >= 0.3 is 0 Å². The van der Waals surface area contributed by atoms with Crippen LogP contribution in [0.15, 0.2) is 0 Å². The first-order valence-corrected chi connectivity index (χ1v) is 7.85. The van der Waals surface area contributed by atoms with Crippen molar-refractivity contribution in [1.29, 1.82) is 0 Å². The van der Waals surface area contributed by atoms with Crippen molar-refractivity contribution in [3.63, 3.8) is 0 Å². The molecule has 0 spiro atoms. The quantitative estimate of drug-likeness (QED) is 0.818. The Hall–Kier alpha value is -0.980. The Morgan fingerprint density at radius 3 is 2.85 bits per heavy atom. The normalized spacial score (nSPS) is 20.3. The number of nitrogens with zero attached hydrogens (tertiary/aromatic N) is 5. The number of hydrogen-bond acceptors (Lipinski definition) is 5. The summed E-state index contributed by atoms with van der Waals surface area (Å²) in [5, 5.41) is 12.1. The van der Waals surface area contributed by atoms with Gasteiger partial charge in [-0.15, -0.1) is 10.2 Å². The van der Waals surface area contributed by atoms with Crippen LogP contribution in [0.1, 0.15) is 24.5 Å². The fourth-order valence-electron chi connectivity index (χ4n) is 3.05. The maximum atomic E-state index is 4.38. The molecule has 0 radical (unpaired) electrons. The van der Waals surface area contributed by atoms with E-state index in [0.717, 1.165) is 51.5 Å². The van der Waals surface area contributed by atoms with Crippen molar-refractivity contribution >= 4 is 0 Å². The van der Waals surface area contributed by atoms with Gasteiger partial charge in [0.25, 0.3) is 0 Å². The lowest BCUT2D eigenvalue weighted by Gasteiger charge is -2.29. The molecule has 0 saturated carbocycles. The summed E-state index contributed by atoms with van der Waals surface area (Å²) >= 11 is 0. The van der Waals surface area contributed by atoms with E-state index >= 15 is 0 Å². The van der Waals surface area contributed by atoms with Crippen LogP contribution in [-0.4, -0.2) is 70.9 Å². The predicted molar refractivity (Wildman–Crippen MR) is 78.6 cm³/mol. The van der Waals surface area contributed by atoms with Crippen molar-refractivity contribution in [2.24, 2.45) is 0 Å². The van der Waals surface area contributed by atoms with Gasteiger partial charge in [0, 0.05) is 52.2 Å². The first-order chi connectivity index (χ1) is 9.83. The van der Waals surface area contributed by atoms with Crippen LogP contribution < -0.4 is 5.32 Å². The van der Waals surface area contributed by atoms with Crippen LogP contribution in [0.4, 0.5) is 0 Å². The van der Waals surface area contributed by atoms with E-state index in [9.17, 15) is 0 Å². The first-order valence-electron chi connectivity index (χ1n) is 7.85. The van der Waals surface area contributed by atoms with Gasteiger partial charge in [-0.2, -0.15) is 0 Å². The number of fused-ring (bicyclic) bond motifs is 1. The van der Waals surface area contributed by atoms with E-state index in [1.807, 2.05) is 0 Å². The van der Waals surface area contributed by atoms with Crippen molar-refractivity contribution < 1.29 is 0 Å². The summed E-state index contributed by atoms with van der Waals surface area (Å²) in [6.07, 6.45) is 3.62. The molecule has 2 aliphatic heterocycles. The number of nitrogens with one attached hydrogen (secondary N) is 1. The molecule has 1 fully saturated rings. The molecule has 1 N–H and O–H groups in total. The standard InChI is InChI=1S/C14H26N6/c1-18(10-11-19-8-5-15-6-9-19)12-14-17-16-13-4-2-3-7-20(13)14/h15H,2-12H2,1H3. The van der Waals surface area contributed by atoms with Gasteiger partial charge in [0.2, 0.25) is 0 Å². The zero-order chi connectivity index (χ0) is 13.8. The summed E-state index contributed by atoms with van der Waals surface area (Å²) < 4.78 is 2.32. The number of rotatable bonds is 5. The summed E-state index contributed by atoms with van der Waals surface area (Å²) in [4.78, 5) is 4.90. The summed E-state index contributed by atoms with van der Waals surface area (Å²) in [6, 6.07) is 0. The molecule has 1 saturated heterocycles. The van der Waals surface area contributed by atoms with Crippen LogP contribution in [0.3, 0.4) is 0 Å². The van der Waals surface area contributed by atoms with Crippen LogP contribution >= 0.6 is 0 Å². The molecule has 0 atom stereocenters. The van der Waals surface area contributed by atoms with Crippen LogP contribution in [0.5, 0.6) is 0 Å². The van der Waals surface area contributed by atoms with Crippen LogP contribution in [0.25, 0.3) is 0 Å². The minimum Gasteiger partial charge on any atom is -0.314 e. The average molecular weight is 278 g/mol. The van der Waals surface area contributed by atoms with Crippen molar-refractivity contribution in [2.75, 3.05) is 46.3 Å². The van der Waals surface area contributed by atoms with Crippen LogP contribution in [0.2, 0.25) is 0 Å². The van der Waals surface area contributed by atoms with Gasteiger partial charge in [-0.25, -0.2) is 0 Å². The summed E-state index contributed by atoms with van der Waals surface area (Å²) in [7, 11) is 2.19. The van der Waals surface area contributed by atoms with Gasteiger partial charge in [0.15, 0.2) is 0 Å². The van der Waals surface area contributed by atoms with E-state index in [1.54, 1.807) is 0 Å². The molecule has 0 unspecified atom stereocenters. The lowest BCUT2D eigenvalue weighted by molar-refractivity contribution is 0.199. The molecule has 3 heterocycles. The number of aromatic nitrogens is 3. The monoisotopic (exact) mass is 278 g/mol. The first kappa shape index (κ1) is 14.0. The number of hydrogen-bond donors (Lipinski definition) is 1. The van der Waals surface area contributed by atoms with E-state index in [0.29, 0.717) is 0 Å². The highest BCUT2D eigenvalue weighted by atomic mass is 15.3. The molecule has 6 nitrogen and oxygen atoms in total. The Morgan fingerprint density at radius 2 is 2.00 bits per heavy atom. The lowest BCUT2D eigenvalue weighted by atomic mass is 10.2.